The summed E-state index contributed by atoms with van der Waals surface area (Å²) in [6.45, 7) is 0. The summed E-state index contributed by atoms with van der Waals surface area (Å²) in [5.74, 6) is -4.85. The van der Waals surface area contributed by atoms with E-state index in [-0.39, 0.29) is 5.69 Å². The number of Topliss-reactive ketones (excluding diaryl/α,β-unsaturated/α-hetero) is 1. The quantitative estimate of drug-likeness (QED) is 0.469. The Kier molecular flexibility index (Phi) is 3.54. The van der Waals surface area contributed by atoms with E-state index in [2.05, 4.69) is 4.98 Å². The topological polar surface area (TPSA) is 125 Å². The Morgan fingerprint density at radius 2 is 1.76 bits per heavy atom. The van der Waals surface area contributed by atoms with Crippen molar-refractivity contribution in [3.8, 4) is 0 Å². The zero-order valence-corrected chi connectivity index (χ0v) is 8.53. The van der Waals surface area contributed by atoms with Gasteiger partial charge in [-0.05, 0) is 12.1 Å². The van der Waals surface area contributed by atoms with Crippen molar-refractivity contribution in [1.29, 1.82) is 0 Å². The molecule has 0 bridgehead atoms. The molecule has 1 aromatic heterocycles. The molecule has 0 aliphatic rings. The van der Waals surface area contributed by atoms with Gasteiger partial charge in [0.15, 0.2) is 5.78 Å². The van der Waals surface area contributed by atoms with E-state index in [1.165, 1.54) is 24.4 Å². The molecule has 1 heterocycles. The van der Waals surface area contributed by atoms with Crippen LogP contribution in [0.2, 0.25) is 0 Å². The zero-order valence-electron chi connectivity index (χ0n) is 8.53. The van der Waals surface area contributed by atoms with Crippen molar-refractivity contribution >= 4 is 17.7 Å². The van der Waals surface area contributed by atoms with Gasteiger partial charge in [-0.25, -0.2) is 9.59 Å². The van der Waals surface area contributed by atoms with E-state index < -0.39 is 29.7 Å². The molecule has 0 atom stereocenters. The van der Waals surface area contributed by atoms with Gasteiger partial charge in [0.2, 0.25) is 0 Å². The van der Waals surface area contributed by atoms with Gasteiger partial charge in [0, 0.05) is 6.20 Å². The lowest BCUT2D eigenvalue weighted by Crippen LogP contribution is -2.48. The van der Waals surface area contributed by atoms with Crippen LogP contribution in [0.4, 0.5) is 0 Å². The third kappa shape index (κ3) is 2.64. The van der Waals surface area contributed by atoms with E-state index >= 15 is 0 Å². The van der Waals surface area contributed by atoms with Gasteiger partial charge in [-0.2, -0.15) is 0 Å². The second-order valence-electron chi connectivity index (χ2n) is 3.29. The summed E-state index contributed by atoms with van der Waals surface area (Å²) in [7, 11) is 0. The minimum atomic E-state index is -3.13. The van der Waals surface area contributed by atoms with Gasteiger partial charge in [0.1, 0.15) is 5.69 Å². The normalized spacial score (nSPS) is 10.9. The minimum absolute atomic E-state index is 0.103. The average Bonchev–Trinajstić information content (AvgIpc) is 2.29. The van der Waals surface area contributed by atoms with E-state index in [1.54, 1.807) is 0 Å². The van der Waals surface area contributed by atoms with Crippen LogP contribution < -0.4 is 0 Å². The largest absolute Gasteiger partial charge is 0.479 e. The molecule has 0 unspecified atom stereocenters. The van der Waals surface area contributed by atoms with Gasteiger partial charge in [0.05, 0.1) is 6.42 Å². The molecule has 90 valence electrons. The summed E-state index contributed by atoms with van der Waals surface area (Å²) < 4.78 is 0. The molecule has 0 spiro atoms. The number of aliphatic hydroxyl groups is 1. The molecule has 7 nitrogen and oxygen atoms in total. The average molecular weight is 239 g/mol. The smallest absolute Gasteiger partial charge is 0.348 e. The molecular formula is C10H9NO6. The minimum Gasteiger partial charge on any atom is -0.479 e. The molecule has 0 radical (unpaired) electrons. The molecule has 1 rings (SSSR count). The summed E-state index contributed by atoms with van der Waals surface area (Å²) in [6, 6.07) is 4.32. The first kappa shape index (κ1) is 12.8. The molecule has 3 N–H and O–H groups in total. The monoisotopic (exact) mass is 239 g/mol. The number of rotatable bonds is 5. The van der Waals surface area contributed by atoms with Crippen LogP contribution in [0.3, 0.4) is 0 Å². The standard InChI is InChI=1S/C10H9NO6/c12-7(6-3-1-2-4-11-6)5-10(17,8(13)14)9(15)16/h1-4,17H,5H2,(H,13,14)(H,15,16). The lowest BCUT2D eigenvalue weighted by Gasteiger charge is -2.16. The van der Waals surface area contributed by atoms with Crippen LogP contribution in [0.5, 0.6) is 0 Å². The van der Waals surface area contributed by atoms with Crippen LogP contribution in [0.25, 0.3) is 0 Å². The number of hydrogen-bond donors (Lipinski definition) is 3. The molecule has 17 heavy (non-hydrogen) atoms. The summed E-state index contributed by atoms with van der Waals surface area (Å²) in [5.41, 5.74) is -3.23. The second-order valence-corrected chi connectivity index (χ2v) is 3.29. The van der Waals surface area contributed by atoms with Gasteiger partial charge >= 0.3 is 11.9 Å². The summed E-state index contributed by atoms with van der Waals surface area (Å²) in [6.07, 6.45) is 0.225. The van der Waals surface area contributed by atoms with Crippen LogP contribution in [-0.2, 0) is 9.59 Å². The van der Waals surface area contributed by atoms with Crippen LogP contribution in [0, 0.1) is 0 Å². The van der Waals surface area contributed by atoms with E-state index in [4.69, 9.17) is 10.2 Å². The molecule has 0 amide bonds. The molecule has 0 aliphatic carbocycles. The van der Waals surface area contributed by atoms with Crippen molar-refractivity contribution in [1.82, 2.24) is 4.98 Å². The van der Waals surface area contributed by atoms with E-state index in [0.29, 0.717) is 0 Å². The van der Waals surface area contributed by atoms with Crippen molar-refractivity contribution in [3.63, 3.8) is 0 Å². The molecule has 1 aromatic rings. The lowest BCUT2D eigenvalue weighted by atomic mass is 9.96. The number of pyridine rings is 1. The Bertz CT molecular complexity index is 441. The summed E-state index contributed by atoms with van der Waals surface area (Å²) in [4.78, 5) is 36.4. The predicted molar refractivity (Wildman–Crippen MR) is 53.4 cm³/mol. The maximum absolute atomic E-state index is 11.5. The van der Waals surface area contributed by atoms with Gasteiger partial charge < -0.3 is 15.3 Å². The number of hydrogen-bond acceptors (Lipinski definition) is 5. The van der Waals surface area contributed by atoms with Crippen LogP contribution >= 0.6 is 0 Å². The van der Waals surface area contributed by atoms with Gasteiger partial charge in [-0.15, -0.1) is 0 Å². The zero-order chi connectivity index (χ0) is 13.1. The lowest BCUT2D eigenvalue weighted by molar-refractivity contribution is -0.175. The fourth-order valence-electron chi connectivity index (χ4n) is 1.09. The van der Waals surface area contributed by atoms with Gasteiger partial charge in [-0.3, -0.25) is 9.78 Å². The number of carboxylic acids is 2. The SMILES string of the molecule is O=C(CC(O)(C(=O)O)C(=O)O)c1ccccn1. The van der Waals surface area contributed by atoms with Crippen molar-refractivity contribution in [2.24, 2.45) is 0 Å². The van der Waals surface area contributed by atoms with E-state index in [9.17, 15) is 19.5 Å². The Balaban J connectivity index is 2.94. The predicted octanol–water partition coefficient (Wildman–Crippen LogP) is -0.445. The molecule has 0 fully saturated rings. The van der Waals surface area contributed by atoms with Gasteiger partial charge in [-0.1, -0.05) is 6.07 Å². The van der Waals surface area contributed by atoms with Crippen molar-refractivity contribution in [2.75, 3.05) is 0 Å². The molecule has 0 saturated heterocycles. The fourth-order valence-corrected chi connectivity index (χ4v) is 1.09. The third-order valence-electron chi connectivity index (χ3n) is 2.07. The number of nitrogens with zero attached hydrogens (tertiary/aromatic N) is 1. The van der Waals surface area contributed by atoms with Crippen molar-refractivity contribution in [3.05, 3.63) is 30.1 Å². The van der Waals surface area contributed by atoms with Crippen molar-refractivity contribution in [2.45, 2.75) is 12.0 Å². The third-order valence-corrected chi connectivity index (χ3v) is 2.07. The Morgan fingerprint density at radius 1 is 1.18 bits per heavy atom. The number of ketones is 1. The summed E-state index contributed by atoms with van der Waals surface area (Å²) in [5, 5.41) is 26.5. The number of aromatic nitrogens is 1. The van der Waals surface area contributed by atoms with Crippen LogP contribution in [-0.4, -0.2) is 43.6 Å². The van der Waals surface area contributed by atoms with E-state index in [0.717, 1.165) is 0 Å². The number of carbonyl (C=O) groups excluding carboxylic acids is 1. The number of carboxylic acid groups (broad SMARTS) is 2. The van der Waals surface area contributed by atoms with E-state index in [1.807, 2.05) is 0 Å². The summed E-state index contributed by atoms with van der Waals surface area (Å²) >= 11 is 0. The highest BCUT2D eigenvalue weighted by molar-refractivity contribution is 6.08. The highest BCUT2D eigenvalue weighted by Gasteiger charge is 2.46. The first-order chi connectivity index (χ1) is 7.88. The Hall–Kier alpha value is -2.28. The Labute approximate surface area is 95.3 Å². The van der Waals surface area contributed by atoms with Crippen molar-refractivity contribution < 1.29 is 29.7 Å². The second kappa shape index (κ2) is 4.71. The first-order valence-electron chi connectivity index (χ1n) is 4.51. The Morgan fingerprint density at radius 3 is 2.18 bits per heavy atom. The highest BCUT2D eigenvalue weighted by atomic mass is 16.4. The first-order valence-corrected chi connectivity index (χ1v) is 4.51. The maximum Gasteiger partial charge on any atom is 0.348 e. The van der Waals surface area contributed by atoms with Crippen LogP contribution in [0.1, 0.15) is 16.9 Å². The molecule has 0 aromatic carbocycles. The van der Waals surface area contributed by atoms with Gasteiger partial charge in [0.25, 0.3) is 5.60 Å². The molecular weight excluding hydrogens is 230 g/mol. The van der Waals surface area contributed by atoms with Crippen LogP contribution in [0.15, 0.2) is 24.4 Å². The number of carbonyl (C=O) groups is 3. The fraction of sp³-hybridized carbons (Fsp3) is 0.200. The number of aliphatic carboxylic acids is 2. The maximum atomic E-state index is 11.5. The molecule has 0 saturated carbocycles. The highest BCUT2D eigenvalue weighted by Crippen LogP contribution is 2.14. The molecule has 7 heteroatoms. The molecule has 0 aliphatic heterocycles.